The third-order valence-electron chi connectivity index (χ3n) is 5.26. The molecule has 4 rings (SSSR count). The SMILES string of the molecule is CC(Nc1c(C#N)cnc2ccc(-c3cnc(N)c(S(C)(=O)=O)c3)cc12)c1ccccc1. The van der Waals surface area contributed by atoms with Gasteiger partial charge in [0, 0.05) is 35.6 Å². The Morgan fingerprint density at radius 2 is 1.78 bits per heavy atom. The highest BCUT2D eigenvalue weighted by Gasteiger charge is 2.16. The number of anilines is 2. The lowest BCUT2D eigenvalue weighted by Gasteiger charge is -2.19. The van der Waals surface area contributed by atoms with Crippen molar-refractivity contribution in [1.29, 1.82) is 5.26 Å². The van der Waals surface area contributed by atoms with Crippen molar-refractivity contribution in [3.05, 3.63) is 78.1 Å². The van der Waals surface area contributed by atoms with Crippen LogP contribution in [-0.2, 0) is 9.84 Å². The van der Waals surface area contributed by atoms with Crippen molar-refractivity contribution < 1.29 is 8.42 Å². The molecule has 0 aliphatic carbocycles. The number of aromatic nitrogens is 2. The first-order valence-corrected chi connectivity index (χ1v) is 11.8. The zero-order valence-corrected chi connectivity index (χ0v) is 18.4. The molecule has 7 nitrogen and oxygen atoms in total. The van der Waals surface area contributed by atoms with E-state index < -0.39 is 9.84 Å². The summed E-state index contributed by atoms with van der Waals surface area (Å²) in [7, 11) is -3.53. The molecule has 2 heterocycles. The molecule has 3 N–H and O–H groups in total. The number of fused-ring (bicyclic) bond motifs is 1. The molecule has 0 amide bonds. The van der Waals surface area contributed by atoms with E-state index in [4.69, 9.17) is 5.73 Å². The fourth-order valence-electron chi connectivity index (χ4n) is 3.56. The third kappa shape index (κ3) is 4.11. The van der Waals surface area contributed by atoms with Gasteiger partial charge in [-0.15, -0.1) is 0 Å². The molecule has 8 heteroatoms. The lowest BCUT2D eigenvalue weighted by atomic mass is 10.0. The van der Waals surface area contributed by atoms with Gasteiger partial charge in [0.1, 0.15) is 16.8 Å². The van der Waals surface area contributed by atoms with Gasteiger partial charge in [-0.25, -0.2) is 13.4 Å². The van der Waals surface area contributed by atoms with E-state index in [0.29, 0.717) is 22.3 Å². The standard InChI is InChI=1S/C24H21N5O2S/c1-15(16-6-4-3-5-7-16)29-23-19(12-25)14-27-21-9-8-17(10-20(21)23)18-11-22(32(2,30)31)24(26)28-13-18/h3-11,13-15H,1-2H3,(H2,26,28)(H,27,29). The van der Waals surface area contributed by atoms with Crippen molar-refractivity contribution in [2.45, 2.75) is 17.9 Å². The van der Waals surface area contributed by atoms with Gasteiger partial charge in [-0.1, -0.05) is 36.4 Å². The molecule has 0 spiro atoms. The van der Waals surface area contributed by atoms with Crippen molar-refractivity contribution >= 4 is 32.2 Å². The number of nitrogens with zero attached hydrogens (tertiary/aromatic N) is 3. The predicted molar refractivity (Wildman–Crippen MR) is 126 cm³/mol. The zero-order valence-electron chi connectivity index (χ0n) is 17.6. The van der Waals surface area contributed by atoms with Crippen LogP contribution in [0.2, 0.25) is 0 Å². The summed E-state index contributed by atoms with van der Waals surface area (Å²) in [6.45, 7) is 2.02. The monoisotopic (exact) mass is 443 g/mol. The van der Waals surface area contributed by atoms with Crippen LogP contribution >= 0.6 is 0 Å². The van der Waals surface area contributed by atoms with E-state index in [0.717, 1.165) is 22.8 Å². The van der Waals surface area contributed by atoms with E-state index in [2.05, 4.69) is 21.4 Å². The summed E-state index contributed by atoms with van der Waals surface area (Å²) in [4.78, 5) is 8.45. The molecule has 1 atom stereocenters. The molecule has 0 radical (unpaired) electrons. The van der Waals surface area contributed by atoms with Crippen LogP contribution in [0.3, 0.4) is 0 Å². The second-order valence-corrected chi connectivity index (χ2v) is 9.53. The molecule has 0 bridgehead atoms. The van der Waals surface area contributed by atoms with E-state index in [1.807, 2.05) is 55.5 Å². The maximum atomic E-state index is 12.1. The van der Waals surface area contributed by atoms with Crippen molar-refractivity contribution in [2.75, 3.05) is 17.3 Å². The van der Waals surface area contributed by atoms with Gasteiger partial charge in [0.2, 0.25) is 0 Å². The lowest BCUT2D eigenvalue weighted by molar-refractivity contribution is 0.602. The molecule has 4 aromatic rings. The number of nitrogen functional groups attached to an aromatic ring is 1. The first-order chi connectivity index (χ1) is 15.3. The van der Waals surface area contributed by atoms with Crippen molar-refractivity contribution in [3.8, 4) is 17.2 Å². The minimum Gasteiger partial charge on any atom is -0.383 e. The number of sulfone groups is 1. The number of hydrogen-bond donors (Lipinski definition) is 2. The van der Waals surface area contributed by atoms with Crippen LogP contribution in [0.1, 0.15) is 24.1 Å². The van der Waals surface area contributed by atoms with Crippen molar-refractivity contribution in [3.63, 3.8) is 0 Å². The minimum absolute atomic E-state index is 0.0185. The quantitative estimate of drug-likeness (QED) is 0.471. The lowest BCUT2D eigenvalue weighted by Crippen LogP contribution is -2.08. The van der Waals surface area contributed by atoms with Crippen LogP contribution in [-0.4, -0.2) is 24.6 Å². The normalized spacial score (nSPS) is 12.3. The van der Waals surface area contributed by atoms with Crippen LogP contribution in [0.15, 0.2) is 71.9 Å². The Labute approximate surface area is 186 Å². The highest BCUT2D eigenvalue weighted by molar-refractivity contribution is 7.90. The van der Waals surface area contributed by atoms with Gasteiger partial charge in [-0.2, -0.15) is 5.26 Å². The molecule has 2 aromatic carbocycles. The Morgan fingerprint density at radius 3 is 2.47 bits per heavy atom. The summed E-state index contributed by atoms with van der Waals surface area (Å²) < 4.78 is 24.1. The number of pyridine rings is 2. The maximum absolute atomic E-state index is 12.1. The highest BCUT2D eigenvalue weighted by atomic mass is 32.2. The van der Waals surface area contributed by atoms with Crippen LogP contribution in [0.25, 0.3) is 22.0 Å². The fourth-order valence-corrected chi connectivity index (χ4v) is 4.34. The average Bonchev–Trinajstić information content (AvgIpc) is 2.79. The van der Waals surface area contributed by atoms with E-state index in [-0.39, 0.29) is 16.8 Å². The van der Waals surface area contributed by atoms with Gasteiger partial charge in [0.05, 0.1) is 16.8 Å². The highest BCUT2D eigenvalue weighted by Crippen LogP contribution is 2.33. The summed E-state index contributed by atoms with van der Waals surface area (Å²) in [5.41, 5.74) is 9.99. The molecule has 0 saturated heterocycles. The largest absolute Gasteiger partial charge is 0.383 e. The van der Waals surface area contributed by atoms with Crippen molar-refractivity contribution in [2.24, 2.45) is 0 Å². The third-order valence-corrected chi connectivity index (χ3v) is 6.39. The molecule has 0 aliphatic heterocycles. The topological polar surface area (TPSA) is 122 Å². The molecular weight excluding hydrogens is 422 g/mol. The van der Waals surface area contributed by atoms with E-state index in [1.165, 1.54) is 12.3 Å². The molecule has 160 valence electrons. The number of rotatable bonds is 5. The van der Waals surface area contributed by atoms with Gasteiger partial charge in [-0.05, 0) is 36.2 Å². The zero-order chi connectivity index (χ0) is 22.9. The Bertz CT molecular complexity index is 1460. The first kappa shape index (κ1) is 21.3. The van der Waals surface area contributed by atoms with Gasteiger partial charge in [-0.3, -0.25) is 4.98 Å². The van der Waals surface area contributed by atoms with Crippen molar-refractivity contribution in [1.82, 2.24) is 9.97 Å². The van der Waals surface area contributed by atoms with Gasteiger partial charge in [0.15, 0.2) is 9.84 Å². The van der Waals surface area contributed by atoms with Crippen LogP contribution < -0.4 is 11.1 Å². The summed E-state index contributed by atoms with van der Waals surface area (Å²) in [6, 6.07) is 19.1. The number of nitrogens with two attached hydrogens (primary N) is 1. The Kier molecular flexibility index (Phi) is 5.51. The van der Waals surface area contributed by atoms with Crippen LogP contribution in [0.5, 0.6) is 0 Å². The average molecular weight is 444 g/mol. The summed E-state index contributed by atoms with van der Waals surface area (Å²) >= 11 is 0. The minimum atomic E-state index is -3.53. The molecule has 32 heavy (non-hydrogen) atoms. The second-order valence-electron chi connectivity index (χ2n) is 7.55. The van der Waals surface area contributed by atoms with Crippen LogP contribution in [0, 0.1) is 11.3 Å². The maximum Gasteiger partial charge on any atom is 0.179 e. The van der Waals surface area contributed by atoms with Gasteiger partial charge in [0.25, 0.3) is 0 Å². The molecule has 0 fully saturated rings. The van der Waals surface area contributed by atoms with Gasteiger partial charge < -0.3 is 11.1 Å². The Balaban J connectivity index is 1.85. The number of hydrogen-bond acceptors (Lipinski definition) is 7. The molecule has 1 unspecified atom stereocenters. The van der Waals surface area contributed by atoms with Gasteiger partial charge >= 0.3 is 0 Å². The fraction of sp³-hybridized carbons (Fsp3) is 0.125. The van der Waals surface area contributed by atoms with E-state index >= 15 is 0 Å². The Hall–Kier alpha value is -3.96. The van der Waals surface area contributed by atoms with E-state index in [9.17, 15) is 13.7 Å². The van der Waals surface area contributed by atoms with E-state index in [1.54, 1.807) is 6.20 Å². The molecular formula is C24H21N5O2S. The smallest absolute Gasteiger partial charge is 0.179 e. The first-order valence-electron chi connectivity index (χ1n) is 9.88. The molecule has 0 saturated carbocycles. The second kappa shape index (κ2) is 8.29. The number of nitriles is 1. The molecule has 2 aromatic heterocycles. The Morgan fingerprint density at radius 1 is 1.03 bits per heavy atom. The molecule has 0 aliphatic rings. The number of benzene rings is 2. The van der Waals surface area contributed by atoms with Crippen LogP contribution in [0.4, 0.5) is 11.5 Å². The predicted octanol–water partition coefficient (Wildman–Crippen LogP) is 4.33. The summed E-state index contributed by atoms with van der Waals surface area (Å²) in [5, 5.41) is 13.9. The summed E-state index contributed by atoms with van der Waals surface area (Å²) in [5.74, 6) is -0.0375. The summed E-state index contributed by atoms with van der Waals surface area (Å²) in [6.07, 6.45) is 4.18. The number of nitrogens with one attached hydrogen (secondary N) is 1.